The van der Waals surface area contributed by atoms with Crippen LogP contribution in [0.2, 0.25) is 0 Å². The molecule has 0 unspecified atom stereocenters. The number of pyridine rings is 2. The van der Waals surface area contributed by atoms with Gasteiger partial charge in [-0.25, -0.2) is 14.2 Å². The zero-order valence-corrected chi connectivity index (χ0v) is 50.9. The Balaban J connectivity index is 0.641. The fraction of sp³-hybridized carbons (Fsp3) is 0.324. The van der Waals surface area contributed by atoms with E-state index in [1.165, 1.54) is 4.57 Å². The van der Waals surface area contributed by atoms with Crippen LogP contribution >= 0.6 is 0 Å². The predicted octanol–water partition coefficient (Wildman–Crippen LogP) is 8.31. The SMILES string of the molecule is [C-]#[N+]c1ccc(-n2nccc2-c2cc(C(=O)CCCOCCOCCOCCCC(=O)C(=O)NCCOCCOCCOCCNC(=O)c3cc(-c4ccnn4-c4ccc(C#N)cc4)c(C)n(-c4cccc(C)c4)c3=O)c(=O)n(-c3cccc(C)c3)c2C)cc1. The van der Waals surface area contributed by atoms with Gasteiger partial charge in [-0.1, -0.05) is 36.4 Å². The lowest BCUT2D eigenvalue weighted by Gasteiger charge is -2.18. The first-order valence-electron chi connectivity index (χ1n) is 29.6. The Labute approximate surface area is 521 Å². The third-order valence-electron chi connectivity index (χ3n) is 14.5. The fourth-order valence-corrected chi connectivity index (χ4v) is 9.88. The van der Waals surface area contributed by atoms with Crippen LogP contribution in [0.25, 0.3) is 50.1 Å². The molecule has 0 fully saturated rings. The zero-order chi connectivity index (χ0) is 63.8. The highest BCUT2D eigenvalue weighted by Gasteiger charge is 2.24. The molecule has 4 aromatic heterocycles. The largest absolute Gasteiger partial charge is 0.379 e. The Hall–Kier alpha value is -9.78. The van der Waals surface area contributed by atoms with Crippen LogP contribution in [0.15, 0.2) is 143 Å². The molecular formula is C68H72N10O12. The van der Waals surface area contributed by atoms with Gasteiger partial charge in [-0.05, 0) is 137 Å². The summed E-state index contributed by atoms with van der Waals surface area (Å²) in [6, 6.07) is 38.0. The van der Waals surface area contributed by atoms with E-state index in [1.807, 2.05) is 82.3 Å². The van der Waals surface area contributed by atoms with Crippen LogP contribution in [-0.4, -0.2) is 144 Å². The first kappa shape index (κ1) is 66.2. The van der Waals surface area contributed by atoms with Gasteiger partial charge in [0.15, 0.2) is 11.5 Å². The summed E-state index contributed by atoms with van der Waals surface area (Å²) < 4.78 is 40.1. The summed E-state index contributed by atoms with van der Waals surface area (Å²) in [4.78, 5) is 83.6. The Bertz CT molecular complexity index is 3730. The summed E-state index contributed by atoms with van der Waals surface area (Å²) >= 11 is 0. The van der Waals surface area contributed by atoms with Gasteiger partial charge in [0.05, 0.1) is 125 Å². The molecule has 8 aromatic rings. The summed E-state index contributed by atoms with van der Waals surface area (Å²) in [5, 5.41) is 23.7. The molecule has 2 amide bonds. The number of Topliss-reactive ketones (excluding diaryl/α,β-unsaturated/α-hetero) is 2. The number of ketones is 2. The highest BCUT2D eigenvalue weighted by Crippen LogP contribution is 2.30. The van der Waals surface area contributed by atoms with Crippen LogP contribution in [0.5, 0.6) is 0 Å². The Kier molecular flexibility index (Phi) is 24.7. The van der Waals surface area contributed by atoms with Crippen LogP contribution in [0.4, 0.5) is 5.69 Å². The number of nitrogens with zero attached hydrogens (tertiary/aromatic N) is 8. The monoisotopic (exact) mass is 1220 g/mol. The number of carbonyl (C=O) groups excluding carboxylic acids is 4. The first-order valence-corrected chi connectivity index (χ1v) is 29.6. The maximum Gasteiger partial charge on any atom is 0.287 e. The lowest BCUT2D eigenvalue weighted by molar-refractivity contribution is -0.138. The molecule has 22 nitrogen and oxygen atoms in total. The second kappa shape index (κ2) is 33.5. The standard InChI is InChI=1S/C68H72N10O12/c1-47-10-6-12-55(42-47)75-49(3)57(61-24-26-74-78(61)54-22-18-52(70-5)19-23-54)44-59(67(75)83)63(79)14-8-30-85-34-38-89-39-35-86-31-9-15-64(80)66(82)72-29-33-88-37-41-90-40-36-87-32-28-71-65(81)60-45-58(50(4)76(68(60)84)56-13-7-11-48(2)43-56)62-25-27-73-77(62)53-20-16-51(46-69)17-21-53/h6-7,10-13,16-27,42-45H,8-9,14-15,28-41H2,1-4H3,(H,71,81)(H,72,82). The van der Waals surface area contributed by atoms with Gasteiger partial charge in [-0.15, -0.1) is 0 Å². The summed E-state index contributed by atoms with van der Waals surface area (Å²) in [5.74, 6) is -2.13. The minimum absolute atomic E-state index is 0.0200. The number of aryl methyl sites for hydroxylation is 2. The number of aromatic nitrogens is 6. The Morgan fingerprint density at radius 2 is 0.967 bits per heavy atom. The molecule has 0 saturated carbocycles. The molecule has 0 radical (unpaired) electrons. The number of nitriles is 1. The molecule has 0 atom stereocenters. The number of amides is 2. The Morgan fingerprint density at radius 1 is 0.522 bits per heavy atom. The lowest BCUT2D eigenvalue weighted by atomic mass is 10.0. The maximum absolute atomic E-state index is 14.1. The topological polar surface area (TPSA) is 256 Å². The first-order chi connectivity index (χ1) is 43.8. The van der Waals surface area contributed by atoms with Crippen molar-refractivity contribution >= 4 is 29.1 Å². The van der Waals surface area contributed by atoms with E-state index in [4.69, 9.17) is 35.0 Å². The van der Waals surface area contributed by atoms with Gasteiger partial charge in [-0.3, -0.25) is 37.9 Å². The lowest BCUT2D eigenvalue weighted by Crippen LogP contribution is -2.35. The van der Waals surface area contributed by atoms with Crippen LogP contribution < -0.4 is 21.8 Å². The molecule has 22 heteroatoms. The molecule has 466 valence electrons. The molecule has 0 spiro atoms. The van der Waals surface area contributed by atoms with Crippen molar-refractivity contribution < 1.29 is 47.6 Å². The van der Waals surface area contributed by atoms with Gasteiger partial charge in [0.25, 0.3) is 22.9 Å². The van der Waals surface area contributed by atoms with Gasteiger partial charge < -0.3 is 39.1 Å². The smallest absolute Gasteiger partial charge is 0.287 e. The van der Waals surface area contributed by atoms with Crippen molar-refractivity contribution in [2.24, 2.45) is 0 Å². The molecule has 0 saturated heterocycles. The highest BCUT2D eigenvalue weighted by atomic mass is 16.5. The fourth-order valence-electron chi connectivity index (χ4n) is 9.88. The molecule has 4 aromatic carbocycles. The van der Waals surface area contributed by atoms with Gasteiger partial charge in [0.2, 0.25) is 5.78 Å². The van der Waals surface area contributed by atoms with E-state index in [0.717, 1.165) is 16.8 Å². The summed E-state index contributed by atoms with van der Waals surface area (Å²) in [6.45, 7) is 18.2. The molecule has 0 aliphatic heterocycles. The number of benzene rings is 4. The van der Waals surface area contributed by atoms with Crippen molar-refractivity contribution in [3.8, 4) is 51.3 Å². The number of hydrogen-bond acceptors (Lipinski definition) is 15. The molecule has 0 bridgehead atoms. The van der Waals surface area contributed by atoms with E-state index >= 15 is 0 Å². The third kappa shape index (κ3) is 17.7. The van der Waals surface area contributed by atoms with Crippen LogP contribution in [-0.2, 0) is 38.0 Å². The molecule has 8 rings (SSSR count). The number of rotatable bonds is 35. The van der Waals surface area contributed by atoms with E-state index < -0.39 is 28.7 Å². The number of ether oxygens (including phenoxy) is 6. The van der Waals surface area contributed by atoms with Gasteiger partial charge >= 0.3 is 0 Å². The van der Waals surface area contributed by atoms with E-state index in [1.54, 1.807) is 93.1 Å². The van der Waals surface area contributed by atoms with Crippen molar-refractivity contribution in [3.63, 3.8) is 0 Å². The average molecular weight is 1220 g/mol. The maximum atomic E-state index is 14.1. The van der Waals surface area contributed by atoms with E-state index in [9.17, 15) is 34.0 Å². The van der Waals surface area contributed by atoms with Crippen molar-refractivity contribution in [2.75, 3.05) is 92.4 Å². The van der Waals surface area contributed by atoms with Crippen LogP contribution in [0, 0.1) is 45.6 Å². The highest BCUT2D eigenvalue weighted by molar-refractivity contribution is 6.36. The normalized spacial score (nSPS) is 11.1. The molecular weight excluding hydrogens is 1150 g/mol. The number of nitrogens with one attached hydrogen (secondary N) is 2. The summed E-state index contributed by atoms with van der Waals surface area (Å²) in [6.07, 6.45) is 4.14. The minimum atomic E-state index is -0.698. The van der Waals surface area contributed by atoms with Crippen molar-refractivity contribution in [3.05, 3.63) is 205 Å². The molecule has 2 N–H and O–H groups in total. The number of hydrogen-bond donors (Lipinski definition) is 2. The van der Waals surface area contributed by atoms with Gasteiger partial charge in [0, 0.05) is 73.0 Å². The summed E-state index contributed by atoms with van der Waals surface area (Å²) in [5.41, 5.74) is 8.57. The zero-order valence-electron chi connectivity index (χ0n) is 50.9. The van der Waals surface area contributed by atoms with Crippen LogP contribution in [0.1, 0.15) is 74.5 Å². The molecule has 90 heavy (non-hydrogen) atoms. The quantitative estimate of drug-likeness (QED) is 0.0164. The second-order valence-electron chi connectivity index (χ2n) is 20.9. The summed E-state index contributed by atoms with van der Waals surface area (Å²) in [7, 11) is 0. The van der Waals surface area contributed by atoms with E-state index in [0.29, 0.717) is 88.3 Å². The average Bonchev–Trinajstić information content (AvgIpc) is 1.26. The van der Waals surface area contributed by atoms with Gasteiger partial charge in [0.1, 0.15) is 5.56 Å². The Morgan fingerprint density at radius 3 is 1.46 bits per heavy atom. The number of carbonyl (C=O) groups is 4. The third-order valence-corrected chi connectivity index (χ3v) is 14.5. The van der Waals surface area contributed by atoms with Crippen molar-refractivity contribution in [1.82, 2.24) is 39.3 Å². The van der Waals surface area contributed by atoms with Crippen LogP contribution in [0.3, 0.4) is 0 Å². The van der Waals surface area contributed by atoms with E-state index in [-0.39, 0.29) is 109 Å². The molecule has 4 heterocycles. The predicted molar refractivity (Wildman–Crippen MR) is 337 cm³/mol. The van der Waals surface area contributed by atoms with Gasteiger partial charge in [-0.2, -0.15) is 15.5 Å². The second-order valence-corrected chi connectivity index (χ2v) is 20.9. The van der Waals surface area contributed by atoms with Crippen molar-refractivity contribution in [1.29, 1.82) is 5.26 Å². The van der Waals surface area contributed by atoms with E-state index in [2.05, 4.69) is 31.7 Å². The molecule has 0 aliphatic carbocycles. The minimum Gasteiger partial charge on any atom is -0.379 e. The molecule has 0 aliphatic rings. The van der Waals surface area contributed by atoms with Crippen molar-refractivity contribution in [2.45, 2.75) is 53.4 Å².